The summed E-state index contributed by atoms with van der Waals surface area (Å²) in [4.78, 5) is 12.6. The van der Waals surface area contributed by atoms with Gasteiger partial charge in [0.1, 0.15) is 18.1 Å². The Hall–Kier alpha value is -3.27. The number of nitrogens with one attached hydrogen (secondary N) is 1. The Kier molecular flexibility index (Phi) is 6.68. The molecule has 0 bridgehead atoms. The van der Waals surface area contributed by atoms with Crippen LogP contribution in [0.3, 0.4) is 0 Å². The first-order chi connectivity index (χ1) is 13.6. The summed E-state index contributed by atoms with van der Waals surface area (Å²) in [7, 11) is 0. The molecule has 3 rings (SSSR count). The quantitative estimate of drug-likeness (QED) is 0.550. The van der Waals surface area contributed by atoms with Crippen molar-refractivity contribution in [1.82, 2.24) is 0 Å². The minimum atomic E-state index is -0.180. The van der Waals surface area contributed by atoms with Crippen LogP contribution in [-0.2, 0) is 6.61 Å². The second kappa shape index (κ2) is 9.60. The number of ether oxygens (including phenoxy) is 2. The number of carbonyl (C=O) groups is 1. The molecule has 0 fully saturated rings. The zero-order chi connectivity index (χ0) is 19.8. The van der Waals surface area contributed by atoms with Crippen LogP contribution in [0.5, 0.6) is 11.5 Å². The average Bonchev–Trinajstić information content (AvgIpc) is 2.74. The van der Waals surface area contributed by atoms with E-state index in [1.165, 1.54) is 0 Å². The SMILES string of the molecule is CCC(C)Oc1ccc(NC(=O)c2cccc(OCc3ccccc3)c2)cc1. The molecule has 4 heteroatoms. The van der Waals surface area contributed by atoms with E-state index < -0.39 is 0 Å². The molecule has 0 aliphatic rings. The van der Waals surface area contributed by atoms with Crippen LogP contribution in [0.4, 0.5) is 5.69 Å². The zero-order valence-corrected chi connectivity index (χ0v) is 16.2. The van der Waals surface area contributed by atoms with Gasteiger partial charge in [-0.1, -0.05) is 43.3 Å². The smallest absolute Gasteiger partial charge is 0.255 e. The van der Waals surface area contributed by atoms with Crippen molar-refractivity contribution in [2.75, 3.05) is 5.32 Å². The Balaban J connectivity index is 1.59. The van der Waals surface area contributed by atoms with Crippen LogP contribution < -0.4 is 14.8 Å². The van der Waals surface area contributed by atoms with Gasteiger partial charge in [0.25, 0.3) is 5.91 Å². The van der Waals surface area contributed by atoms with Gasteiger partial charge in [0.05, 0.1) is 6.10 Å². The Bertz CT molecular complexity index is 891. The fourth-order valence-electron chi connectivity index (χ4n) is 2.60. The number of rotatable bonds is 8. The van der Waals surface area contributed by atoms with E-state index in [4.69, 9.17) is 9.47 Å². The van der Waals surface area contributed by atoms with Crippen molar-refractivity contribution in [3.8, 4) is 11.5 Å². The third-order valence-electron chi connectivity index (χ3n) is 4.37. The molecule has 0 radical (unpaired) electrons. The molecular formula is C24H25NO3. The summed E-state index contributed by atoms with van der Waals surface area (Å²) in [5.74, 6) is 1.28. The van der Waals surface area contributed by atoms with Crippen molar-refractivity contribution in [3.63, 3.8) is 0 Å². The molecule has 0 aliphatic heterocycles. The monoisotopic (exact) mass is 375 g/mol. The molecular weight excluding hydrogens is 350 g/mol. The fourth-order valence-corrected chi connectivity index (χ4v) is 2.60. The predicted octanol–water partition coefficient (Wildman–Crippen LogP) is 5.70. The molecule has 28 heavy (non-hydrogen) atoms. The van der Waals surface area contributed by atoms with Crippen molar-refractivity contribution < 1.29 is 14.3 Å². The van der Waals surface area contributed by atoms with Gasteiger partial charge in [-0.2, -0.15) is 0 Å². The van der Waals surface area contributed by atoms with Crippen molar-refractivity contribution in [3.05, 3.63) is 90.0 Å². The Morgan fingerprint density at radius 2 is 1.68 bits per heavy atom. The molecule has 3 aromatic rings. The molecule has 0 aliphatic carbocycles. The summed E-state index contributed by atoms with van der Waals surface area (Å²) in [6.45, 7) is 4.57. The fraction of sp³-hybridized carbons (Fsp3) is 0.208. The highest BCUT2D eigenvalue weighted by atomic mass is 16.5. The number of carbonyl (C=O) groups excluding carboxylic acids is 1. The van der Waals surface area contributed by atoms with Crippen molar-refractivity contribution in [2.45, 2.75) is 33.0 Å². The van der Waals surface area contributed by atoms with Crippen molar-refractivity contribution >= 4 is 11.6 Å². The van der Waals surface area contributed by atoms with E-state index in [-0.39, 0.29) is 12.0 Å². The standard InChI is InChI=1S/C24H25NO3/c1-3-18(2)28-22-14-12-21(13-15-22)25-24(26)20-10-7-11-23(16-20)27-17-19-8-5-4-6-9-19/h4-16,18H,3,17H2,1-2H3,(H,25,26). The summed E-state index contributed by atoms with van der Waals surface area (Å²) >= 11 is 0. The lowest BCUT2D eigenvalue weighted by Gasteiger charge is -2.13. The van der Waals surface area contributed by atoms with Gasteiger partial charge >= 0.3 is 0 Å². The summed E-state index contributed by atoms with van der Waals surface area (Å²) < 4.78 is 11.6. The van der Waals surface area contributed by atoms with Crippen LogP contribution in [0.15, 0.2) is 78.9 Å². The number of benzene rings is 3. The van der Waals surface area contributed by atoms with Gasteiger partial charge in [-0.25, -0.2) is 0 Å². The maximum absolute atomic E-state index is 12.6. The summed E-state index contributed by atoms with van der Waals surface area (Å²) in [5, 5.41) is 2.90. The van der Waals surface area contributed by atoms with Gasteiger partial charge in [-0.05, 0) is 61.4 Å². The van der Waals surface area contributed by atoms with Crippen LogP contribution in [0, 0.1) is 0 Å². The number of amides is 1. The van der Waals surface area contributed by atoms with Crippen molar-refractivity contribution in [1.29, 1.82) is 0 Å². The Labute approximate surface area is 166 Å². The minimum absolute atomic E-state index is 0.166. The molecule has 1 unspecified atom stereocenters. The Morgan fingerprint density at radius 3 is 2.39 bits per heavy atom. The summed E-state index contributed by atoms with van der Waals surface area (Å²) in [5.41, 5.74) is 2.35. The van der Waals surface area contributed by atoms with Gasteiger partial charge in [-0.15, -0.1) is 0 Å². The average molecular weight is 375 g/mol. The van der Waals surface area contributed by atoms with Crippen LogP contribution in [0.1, 0.15) is 36.2 Å². The third kappa shape index (κ3) is 5.61. The first kappa shape index (κ1) is 19.5. The first-order valence-electron chi connectivity index (χ1n) is 9.49. The molecule has 4 nitrogen and oxygen atoms in total. The molecule has 1 N–H and O–H groups in total. The summed E-state index contributed by atoms with van der Waals surface area (Å²) in [6, 6.07) is 24.5. The lowest BCUT2D eigenvalue weighted by Crippen LogP contribution is -2.12. The second-order valence-electron chi connectivity index (χ2n) is 6.62. The molecule has 144 valence electrons. The van der Waals surface area contributed by atoms with Gasteiger partial charge in [0, 0.05) is 11.3 Å². The maximum Gasteiger partial charge on any atom is 0.255 e. The van der Waals surface area contributed by atoms with E-state index in [0.717, 1.165) is 23.4 Å². The molecule has 1 amide bonds. The normalized spacial score (nSPS) is 11.5. The molecule has 0 spiro atoms. The van der Waals surface area contributed by atoms with E-state index >= 15 is 0 Å². The largest absolute Gasteiger partial charge is 0.491 e. The Morgan fingerprint density at radius 1 is 0.929 bits per heavy atom. The van der Waals surface area contributed by atoms with Crippen LogP contribution in [0.25, 0.3) is 0 Å². The van der Waals surface area contributed by atoms with Crippen LogP contribution in [-0.4, -0.2) is 12.0 Å². The zero-order valence-electron chi connectivity index (χ0n) is 16.2. The van der Waals surface area contributed by atoms with Crippen LogP contribution in [0.2, 0.25) is 0 Å². The number of hydrogen-bond donors (Lipinski definition) is 1. The third-order valence-corrected chi connectivity index (χ3v) is 4.37. The minimum Gasteiger partial charge on any atom is -0.491 e. The lowest BCUT2D eigenvalue weighted by atomic mass is 10.2. The van der Waals surface area contributed by atoms with Gasteiger partial charge < -0.3 is 14.8 Å². The van der Waals surface area contributed by atoms with Gasteiger partial charge in [0.2, 0.25) is 0 Å². The second-order valence-corrected chi connectivity index (χ2v) is 6.62. The van der Waals surface area contributed by atoms with Gasteiger partial charge in [0.15, 0.2) is 0 Å². The van der Waals surface area contributed by atoms with E-state index in [1.807, 2.05) is 73.7 Å². The predicted molar refractivity (Wildman–Crippen MR) is 112 cm³/mol. The highest BCUT2D eigenvalue weighted by Gasteiger charge is 2.08. The molecule has 0 saturated carbocycles. The molecule has 0 heterocycles. The van der Waals surface area contributed by atoms with E-state index in [1.54, 1.807) is 12.1 Å². The number of hydrogen-bond acceptors (Lipinski definition) is 3. The van der Waals surface area contributed by atoms with Crippen molar-refractivity contribution in [2.24, 2.45) is 0 Å². The number of anilines is 1. The lowest BCUT2D eigenvalue weighted by molar-refractivity contribution is 0.102. The molecule has 0 aromatic heterocycles. The molecule has 3 aromatic carbocycles. The summed E-state index contributed by atoms with van der Waals surface area (Å²) in [6.07, 6.45) is 1.11. The molecule has 1 atom stereocenters. The van der Waals surface area contributed by atoms with Gasteiger partial charge in [-0.3, -0.25) is 4.79 Å². The van der Waals surface area contributed by atoms with E-state index in [0.29, 0.717) is 17.9 Å². The maximum atomic E-state index is 12.6. The van der Waals surface area contributed by atoms with E-state index in [9.17, 15) is 4.79 Å². The highest BCUT2D eigenvalue weighted by molar-refractivity contribution is 6.04. The topological polar surface area (TPSA) is 47.6 Å². The highest BCUT2D eigenvalue weighted by Crippen LogP contribution is 2.20. The first-order valence-corrected chi connectivity index (χ1v) is 9.49. The molecule has 0 saturated heterocycles. The van der Waals surface area contributed by atoms with Crippen LogP contribution >= 0.6 is 0 Å². The van der Waals surface area contributed by atoms with E-state index in [2.05, 4.69) is 12.2 Å².